The van der Waals surface area contributed by atoms with Crippen LogP contribution >= 0.6 is 11.6 Å². The van der Waals surface area contributed by atoms with Crippen molar-refractivity contribution in [3.8, 4) is 11.1 Å². The molecule has 6 rings (SSSR count). The number of hydrogen-bond acceptors (Lipinski definition) is 5. The van der Waals surface area contributed by atoms with Crippen molar-refractivity contribution in [3.05, 3.63) is 85.9 Å². The highest BCUT2D eigenvalue weighted by molar-refractivity contribution is 7.90. The summed E-state index contributed by atoms with van der Waals surface area (Å²) in [4.78, 5) is 56.2. The molecule has 13 heteroatoms. The molecule has 3 aliphatic rings. The summed E-state index contributed by atoms with van der Waals surface area (Å²) in [5.41, 5.74) is 0.552. The molecule has 1 spiro atoms. The number of rotatable bonds is 7. The first-order valence-electron chi connectivity index (χ1n) is 14.1. The number of likely N-dealkylation sites (tertiary alicyclic amines) is 1. The minimum Gasteiger partial charge on any atom is -0.617 e. The maximum Gasteiger partial charge on any atom is 0.331 e. The smallest absolute Gasteiger partial charge is 0.331 e. The topological polar surface area (TPSA) is 120 Å². The first-order valence-corrected chi connectivity index (χ1v) is 16.2. The summed E-state index contributed by atoms with van der Waals surface area (Å²) in [5, 5.41) is 2.74. The fourth-order valence-corrected chi connectivity index (χ4v) is 7.09. The third-order valence-electron chi connectivity index (χ3n) is 8.71. The van der Waals surface area contributed by atoms with Crippen LogP contribution in [0.25, 0.3) is 11.1 Å². The van der Waals surface area contributed by atoms with Gasteiger partial charge in [0.1, 0.15) is 18.1 Å². The zero-order valence-corrected chi connectivity index (χ0v) is 25.1. The molecule has 2 aliphatic heterocycles. The number of carbonyl (C=O) groups is 2. The number of nitrogens with zero attached hydrogens (tertiary/aromatic N) is 4. The standard InChI is InChI=1S/C30H31ClFN5O5S/c1-43(42)12-11-37-27(39)22(21-6-4-7-23(32)26(21)31)15-34(29(37)41)16-25(38)35-17-30(18-35)13-20(14-30)36-10-9-19-5-2-3-8-24(19)33-28(36)40/h2-8,15,20H,9-14,16-18H2,1H3,(H,33,40). The number of amides is 3. The predicted molar refractivity (Wildman–Crippen MR) is 162 cm³/mol. The molecule has 2 fully saturated rings. The van der Waals surface area contributed by atoms with E-state index in [1.807, 2.05) is 29.2 Å². The lowest BCUT2D eigenvalue weighted by Gasteiger charge is -2.60. The molecule has 43 heavy (non-hydrogen) atoms. The van der Waals surface area contributed by atoms with Crippen LogP contribution in [-0.4, -0.2) is 73.1 Å². The van der Waals surface area contributed by atoms with Gasteiger partial charge in [-0.05, 0) is 37.0 Å². The van der Waals surface area contributed by atoms with E-state index in [4.69, 9.17) is 11.6 Å². The van der Waals surface area contributed by atoms with E-state index in [0.29, 0.717) is 19.6 Å². The number of para-hydroxylation sites is 1. The number of halogens is 2. The van der Waals surface area contributed by atoms with Crippen molar-refractivity contribution in [2.24, 2.45) is 5.41 Å². The quantitative estimate of drug-likeness (QED) is 0.404. The summed E-state index contributed by atoms with van der Waals surface area (Å²) in [6, 6.07) is 11.8. The van der Waals surface area contributed by atoms with Crippen LogP contribution in [0, 0.1) is 11.2 Å². The normalized spacial score (nSPS) is 18.4. The van der Waals surface area contributed by atoms with Gasteiger partial charge in [0.2, 0.25) is 5.91 Å². The first kappa shape index (κ1) is 29.5. The molecule has 0 bridgehead atoms. The summed E-state index contributed by atoms with van der Waals surface area (Å²) in [5.74, 6) is -0.958. The summed E-state index contributed by atoms with van der Waals surface area (Å²) in [6.45, 7) is 1.22. The van der Waals surface area contributed by atoms with Gasteiger partial charge in [0, 0.05) is 48.5 Å². The molecule has 3 heterocycles. The molecular formula is C30H31ClFN5O5S. The molecule has 1 saturated heterocycles. The number of nitrogens with one attached hydrogen (secondary N) is 1. The van der Waals surface area contributed by atoms with Gasteiger partial charge in [-0.3, -0.25) is 18.7 Å². The van der Waals surface area contributed by atoms with Crippen molar-refractivity contribution in [2.45, 2.75) is 38.4 Å². The number of anilines is 1. The highest BCUT2D eigenvalue weighted by atomic mass is 35.5. The highest BCUT2D eigenvalue weighted by Crippen LogP contribution is 2.50. The number of fused-ring (bicyclic) bond motifs is 1. The van der Waals surface area contributed by atoms with Crippen LogP contribution in [0.5, 0.6) is 0 Å². The summed E-state index contributed by atoms with van der Waals surface area (Å²) >= 11 is 4.88. The fourth-order valence-electron chi connectivity index (χ4n) is 6.42. The van der Waals surface area contributed by atoms with Crippen LogP contribution in [0.1, 0.15) is 18.4 Å². The summed E-state index contributed by atoms with van der Waals surface area (Å²) in [7, 11) is 0. The van der Waals surface area contributed by atoms with E-state index in [9.17, 15) is 28.1 Å². The monoisotopic (exact) mass is 627 g/mol. The van der Waals surface area contributed by atoms with Crippen LogP contribution in [0.15, 0.2) is 58.3 Å². The molecule has 10 nitrogen and oxygen atoms in total. The third-order valence-corrected chi connectivity index (χ3v) is 9.85. The van der Waals surface area contributed by atoms with Crippen LogP contribution in [0.4, 0.5) is 14.9 Å². The number of carbonyl (C=O) groups excluding carboxylic acids is 2. The number of urea groups is 1. The Balaban J connectivity index is 1.14. The molecule has 226 valence electrons. The van der Waals surface area contributed by atoms with E-state index in [1.165, 1.54) is 24.6 Å². The second kappa shape index (κ2) is 11.5. The number of aromatic nitrogens is 2. The molecule has 1 atom stereocenters. The molecule has 3 amide bonds. The van der Waals surface area contributed by atoms with Gasteiger partial charge in [-0.1, -0.05) is 53.1 Å². The van der Waals surface area contributed by atoms with Gasteiger partial charge in [-0.2, -0.15) is 0 Å². The second-order valence-electron chi connectivity index (χ2n) is 11.6. The molecule has 1 N–H and O–H groups in total. The molecule has 1 saturated carbocycles. The lowest BCUT2D eigenvalue weighted by atomic mass is 9.60. The maximum atomic E-state index is 14.2. The van der Waals surface area contributed by atoms with Gasteiger partial charge >= 0.3 is 11.7 Å². The van der Waals surface area contributed by atoms with Gasteiger partial charge < -0.3 is 19.7 Å². The molecule has 1 unspecified atom stereocenters. The largest absolute Gasteiger partial charge is 0.617 e. The first-order chi connectivity index (χ1) is 20.5. The zero-order valence-electron chi connectivity index (χ0n) is 23.6. The van der Waals surface area contributed by atoms with Crippen LogP contribution in [0.2, 0.25) is 5.02 Å². The van der Waals surface area contributed by atoms with Crippen molar-refractivity contribution in [3.63, 3.8) is 0 Å². The number of benzene rings is 2. The van der Waals surface area contributed by atoms with Crippen molar-refractivity contribution in [1.82, 2.24) is 18.9 Å². The Bertz CT molecular complexity index is 1710. The van der Waals surface area contributed by atoms with E-state index in [1.54, 1.807) is 4.90 Å². The molecule has 1 aromatic heterocycles. The Morgan fingerprint density at radius 1 is 1.12 bits per heavy atom. The number of hydrogen-bond donors (Lipinski definition) is 1. The maximum absolute atomic E-state index is 14.2. The molecule has 0 radical (unpaired) electrons. The predicted octanol–water partition coefficient (Wildman–Crippen LogP) is 2.93. The molecule has 2 aromatic carbocycles. The van der Waals surface area contributed by atoms with Gasteiger partial charge in [0.15, 0.2) is 0 Å². The van der Waals surface area contributed by atoms with Crippen LogP contribution < -0.4 is 16.6 Å². The summed E-state index contributed by atoms with van der Waals surface area (Å²) in [6.07, 6.45) is 5.07. The molecule has 1 aliphatic carbocycles. The van der Waals surface area contributed by atoms with Crippen molar-refractivity contribution in [2.75, 3.05) is 37.0 Å². The van der Waals surface area contributed by atoms with Crippen molar-refractivity contribution >= 4 is 40.4 Å². The van der Waals surface area contributed by atoms with E-state index >= 15 is 0 Å². The fraction of sp³-hybridized carbons (Fsp3) is 0.400. The van der Waals surface area contributed by atoms with E-state index in [0.717, 1.165) is 45.7 Å². The Kier molecular flexibility index (Phi) is 7.86. The van der Waals surface area contributed by atoms with Gasteiger partial charge in [-0.25, -0.2) is 14.0 Å². The Hall–Kier alpha value is -3.61. The minimum atomic E-state index is -1.28. The van der Waals surface area contributed by atoms with E-state index < -0.39 is 28.2 Å². The third kappa shape index (κ3) is 5.59. The van der Waals surface area contributed by atoms with Gasteiger partial charge in [0.25, 0.3) is 5.56 Å². The Morgan fingerprint density at radius 3 is 2.60 bits per heavy atom. The minimum absolute atomic E-state index is 0.0291. The average Bonchev–Trinajstić information content (AvgIpc) is 3.08. The Labute approximate surface area is 255 Å². The van der Waals surface area contributed by atoms with E-state index in [-0.39, 0.29) is 58.4 Å². The Morgan fingerprint density at radius 2 is 1.86 bits per heavy atom. The second-order valence-corrected chi connectivity index (χ2v) is 13.6. The van der Waals surface area contributed by atoms with Crippen LogP contribution in [-0.2, 0) is 35.5 Å². The van der Waals surface area contributed by atoms with Crippen LogP contribution in [0.3, 0.4) is 0 Å². The molecule has 3 aromatic rings. The molecular weight excluding hydrogens is 597 g/mol. The van der Waals surface area contributed by atoms with E-state index in [2.05, 4.69) is 5.32 Å². The lowest BCUT2D eigenvalue weighted by molar-refractivity contribution is -0.156. The van der Waals surface area contributed by atoms with Gasteiger partial charge in [0.05, 0.1) is 23.4 Å². The van der Waals surface area contributed by atoms with Crippen molar-refractivity contribution in [1.29, 1.82) is 0 Å². The summed E-state index contributed by atoms with van der Waals surface area (Å²) < 4.78 is 28.0. The lowest BCUT2D eigenvalue weighted by Crippen LogP contribution is -2.68. The SMILES string of the molecule is C[S+]([O-])CCn1c(=O)c(-c2cccc(F)c2Cl)cn(CC(=O)N2CC3(CC(N4CCc5ccccc5NC4=O)C3)C2)c1=O. The van der Waals surface area contributed by atoms with Gasteiger partial charge in [-0.15, -0.1) is 0 Å². The average molecular weight is 628 g/mol. The zero-order chi connectivity index (χ0) is 30.5. The van der Waals surface area contributed by atoms with Crippen molar-refractivity contribution < 1.29 is 18.5 Å². The highest BCUT2D eigenvalue weighted by Gasteiger charge is 2.55.